The van der Waals surface area contributed by atoms with E-state index < -0.39 is 0 Å². The van der Waals surface area contributed by atoms with Crippen LogP contribution in [0.1, 0.15) is 0 Å². The Morgan fingerprint density at radius 1 is 0.444 bits per heavy atom. The minimum atomic E-state index is 0.590. The Bertz CT molecular complexity index is 2750. The van der Waals surface area contributed by atoms with Crippen LogP contribution < -0.4 is 0 Å². The van der Waals surface area contributed by atoms with Gasteiger partial charge in [0.05, 0.1) is 16.4 Å². The maximum atomic E-state index is 6.33. The van der Waals surface area contributed by atoms with Crippen LogP contribution in [0.15, 0.2) is 154 Å². The fraction of sp³-hybridized carbons (Fsp3) is 0. The van der Waals surface area contributed by atoms with Crippen molar-refractivity contribution in [1.82, 2.24) is 9.55 Å². The Kier molecular flexibility index (Phi) is 4.96. The van der Waals surface area contributed by atoms with Gasteiger partial charge in [-0.1, -0.05) is 84.9 Å². The summed E-state index contributed by atoms with van der Waals surface area (Å²) in [6.45, 7) is 0. The monoisotopic (exact) mass is 576 g/mol. The number of benzene rings is 7. The van der Waals surface area contributed by atoms with Gasteiger partial charge < -0.3 is 13.4 Å². The molecule has 0 aliphatic heterocycles. The van der Waals surface area contributed by atoms with E-state index in [4.69, 9.17) is 13.8 Å². The molecule has 4 nitrogen and oxygen atoms in total. The molecule has 10 rings (SSSR count). The number of furan rings is 1. The molecule has 0 unspecified atom stereocenters. The molecule has 0 bridgehead atoms. The predicted molar refractivity (Wildman–Crippen MR) is 184 cm³/mol. The van der Waals surface area contributed by atoms with Gasteiger partial charge in [0, 0.05) is 27.4 Å². The predicted octanol–water partition coefficient (Wildman–Crippen LogP) is 11.3. The highest BCUT2D eigenvalue weighted by molar-refractivity contribution is 6.21. The summed E-state index contributed by atoms with van der Waals surface area (Å²) in [6.07, 6.45) is 0. The Balaban J connectivity index is 1.09. The van der Waals surface area contributed by atoms with E-state index in [1.807, 2.05) is 18.2 Å². The highest BCUT2D eigenvalue weighted by Gasteiger charge is 2.18. The maximum absolute atomic E-state index is 6.33. The molecule has 210 valence electrons. The van der Waals surface area contributed by atoms with Crippen LogP contribution in [0, 0.1) is 0 Å². The lowest BCUT2D eigenvalue weighted by molar-refractivity contribution is 0.619. The minimum Gasteiger partial charge on any atom is -0.456 e. The Morgan fingerprint density at radius 3 is 2.09 bits per heavy atom. The summed E-state index contributed by atoms with van der Waals surface area (Å²) in [5.41, 5.74) is 9.86. The van der Waals surface area contributed by atoms with Crippen molar-refractivity contribution in [3.05, 3.63) is 146 Å². The Labute approximate surface area is 257 Å². The molecule has 0 aliphatic carbocycles. The molecule has 0 N–H and O–H groups in total. The molecule has 3 aromatic heterocycles. The molecular weight excluding hydrogens is 552 g/mol. The lowest BCUT2D eigenvalue weighted by Gasteiger charge is -2.09. The fourth-order valence-corrected chi connectivity index (χ4v) is 6.96. The molecule has 0 atom stereocenters. The molecule has 0 saturated heterocycles. The summed E-state index contributed by atoms with van der Waals surface area (Å²) in [4.78, 5) is 5.01. The molecule has 3 heterocycles. The lowest BCUT2D eigenvalue weighted by Crippen LogP contribution is -1.93. The second-order valence-electron chi connectivity index (χ2n) is 11.6. The third kappa shape index (κ3) is 3.57. The second kappa shape index (κ2) is 9.18. The molecule has 0 fully saturated rings. The molecule has 0 aliphatic rings. The molecule has 0 radical (unpaired) electrons. The minimum absolute atomic E-state index is 0.590. The van der Waals surface area contributed by atoms with E-state index in [-0.39, 0.29) is 0 Å². The van der Waals surface area contributed by atoms with E-state index in [0.717, 1.165) is 55.4 Å². The van der Waals surface area contributed by atoms with Crippen LogP contribution in [0.4, 0.5) is 0 Å². The highest BCUT2D eigenvalue weighted by Crippen LogP contribution is 2.39. The van der Waals surface area contributed by atoms with Gasteiger partial charge in [-0.3, -0.25) is 0 Å². The Hall–Kier alpha value is -6.13. The van der Waals surface area contributed by atoms with Crippen LogP contribution in [0.5, 0.6) is 0 Å². The van der Waals surface area contributed by atoms with Gasteiger partial charge in [-0.15, -0.1) is 0 Å². The number of para-hydroxylation sites is 1. The van der Waals surface area contributed by atoms with Crippen molar-refractivity contribution in [3.8, 4) is 28.3 Å². The normalized spacial score (nSPS) is 12.0. The van der Waals surface area contributed by atoms with Gasteiger partial charge in [-0.25, -0.2) is 4.98 Å². The number of nitrogens with zero attached hydrogens (tertiary/aromatic N) is 2. The molecule has 0 spiro atoms. The smallest absolute Gasteiger partial charge is 0.227 e. The van der Waals surface area contributed by atoms with Crippen LogP contribution >= 0.6 is 0 Å². The zero-order valence-electron chi connectivity index (χ0n) is 24.1. The third-order valence-corrected chi connectivity index (χ3v) is 9.04. The molecule has 10 aromatic rings. The maximum Gasteiger partial charge on any atom is 0.227 e. The van der Waals surface area contributed by atoms with Crippen LogP contribution in [-0.2, 0) is 0 Å². The molecular formula is C41H24N2O2. The summed E-state index contributed by atoms with van der Waals surface area (Å²) < 4.78 is 15.0. The van der Waals surface area contributed by atoms with Crippen molar-refractivity contribution in [2.75, 3.05) is 0 Å². The Morgan fingerprint density at radius 2 is 1.20 bits per heavy atom. The van der Waals surface area contributed by atoms with E-state index in [1.54, 1.807) is 0 Å². The number of hydrogen-bond donors (Lipinski definition) is 0. The number of hydrogen-bond acceptors (Lipinski definition) is 3. The highest BCUT2D eigenvalue weighted by atomic mass is 16.4. The number of aromatic nitrogens is 2. The van der Waals surface area contributed by atoms with E-state index in [2.05, 4.69) is 132 Å². The summed E-state index contributed by atoms with van der Waals surface area (Å²) in [5, 5.41) is 7.05. The summed E-state index contributed by atoms with van der Waals surface area (Å²) in [7, 11) is 0. The van der Waals surface area contributed by atoms with Gasteiger partial charge in [-0.05, 0) is 82.6 Å². The van der Waals surface area contributed by atoms with E-state index in [9.17, 15) is 0 Å². The van der Waals surface area contributed by atoms with Crippen molar-refractivity contribution in [1.29, 1.82) is 0 Å². The first-order valence-electron chi connectivity index (χ1n) is 15.1. The van der Waals surface area contributed by atoms with Crippen molar-refractivity contribution >= 4 is 65.6 Å². The quantitative estimate of drug-likeness (QED) is 0.210. The standard InChI is InChI=1S/C41H24N2O2/c1-2-8-25(9-3-1)28-16-20-32-37(24-28)44-35-22-23-36-40(39(32)35)42-41(45-36)27-14-18-29(19-15-27)43-33-13-7-6-12-31(33)38-30-11-5-4-10-26(30)17-21-34(38)43/h1-24H. The topological polar surface area (TPSA) is 44.1 Å². The van der Waals surface area contributed by atoms with Crippen molar-refractivity contribution in [3.63, 3.8) is 0 Å². The molecule has 0 amide bonds. The fourth-order valence-electron chi connectivity index (χ4n) is 6.96. The molecule has 7 aromatic carbocycles. The van der Waals surface area contributed by atoms with Gasteiger partial charge in [0.15, 0.2) is 5.58 Å². The zero-order chi connectivity index (χ0) is 29.5. The SMILES string of the molecule is c1ccc(-c2ccc3c(c2)oc2ccc4oc(-c5ccc(-n6c7ccccc7c7c8ccccc8ccc76)cc5)nc4c23)cc1. The second-order valence-corrected chi connectivity index (χ2v) is 11.6. The average Bonchev–Trinajstić information content (AvgIpc) is 3.80. The van der Waals surface area contributed by atoms with E-state index in [1.165, 1.54) is 32.6 Å². The van der Waals surface area contributed by atoms with Crippen LogP contribution in [0.3, 0.4) is 0 Å². The summed E-state index contributed by atoms with van der Waals surface area (Å²) in [5.74, 6) is 0.590. The zero-order valence-corrected chi connectivity index (χ0v) is 24.1. The first-order chi connectivity index (χ1) is 22.3. The van der Waals surface area contributed by atoms with Gasteiger partial charge in [-0.2, -0.15) is 0 Å². The molecule has 4 heteroatoms. The van der Waals surface area contributed by atoms with Crippen LogP contribution in [-0.4, -0.2) is 9.55 Å². The number of fused-ring (bicyclic) bond motifs is 10. The van der Waals surface area contributed by atoms with Crippen molar-refractivity contribution in [2.45, 2.75) is 0 Å². The first-order valence-corrected chi connectivity index (χ1v) is 15.1. The summed E-state index contributed by atoms with van der Waals surface area (Å²) in [6, 6.07) is 50.8. The van der Waals surface area contributed by atoms with Crippen molar-refractivity contribution < 1.29 is 8.83 Å². The average molecular weight is 577 g/mol. The molecule has 45 heavy (non-hydrogen) atoms. The summed E-state index contributed by atoms with van der Waals surface area (Å²) >= 11 is 0. The largest absolute Gasteiger partial charge is 0.456 e. The number of oxazole rings is 1. The van der Waals surface area contributed by atoms with Crippen molar-refractivity contribution in [2.24, 2.45) is 0 Å². The van der Waals surface area contributed by atoms with Crippen LogP contribution in [0.2, 0.25) is 0 Å². The van der Waals surface area contributed by atoms with E-state index >= 15 is 0 Å². The lowest BCUT2D eigenvalue weighted by atomic mass is 10.0. The van der Waals surface area contributed by atoms with Gasteiger partial charge in [0.1, 0.15) is 16.7 Å². The van der Waals surface area contributed by atoms with Gasteiger partial charge in [0.25, 0.3) is 0 Å². The van der Waals surface area contributed by atoms with Gasteiger partial charge in [0.2, 0.25) is 5.89 Å². The number of rotatable bonds is 3. The first kappa shape index (κ1) is 24.3. The van der Waals surface area contributed by atoms with Gasteiger partial charge >= 0.3 is 0 Å². The van der Waals surface area contributed by atoms with Crippen LogP contribution in [0.25, 0.3) is 93.9 Å². The van der Waals surface area contributed by atoms with E-state index in [0.29, 0.717) is 5.89 Å². The third-order valence-electron chi connectivity index (χ3n) is 9.04. The molecule has 0 saturated carbocycles.